The molecule has 1 atom stereocenters. The van der Waals surface area contributed by atoms with Gasteiger partial charge in [0.1, 0.15) is 11.9 Å². The number of nitrogens with one attached hydrogen (secondary N) is 1. The Morgan fingerprint density at radius 2 is 2.42 bits per heavy atom. The van der Waals surface area contributed by atoms with E-state index in [0.717, 1.165) is 25.2 Å². The third kappa shape index (κ3) is 3.43. The smallest absolute Gasteiger partial charge is 0.146 e. The third-order valence-corrected chi connectivity index (χ3v) is 3.41. The molecule has 0 saturated carbocycles. The van der Waals surface area contributed by atoms with Gasteiger partial charge in [0.25, 0.3) is 0 Å². The fourth-order valence-corrected chi connectivity index (χ4v) is 2.45. The van der Waals surface area contributed by atoms with Gasteiger partial charge < -0.3 is 15.3 Å². The minimum absolute atomic E-state index is 0.0627. The summed E-state index contributed by atoms with van der Waals surface area (Å²) in [6, 6.07) is 6.23. The van der Waals surface area contributed by atoms with Crippen LogP contribution in [0.4, 0.5) is 5.82 Å². The van der Waals surface area contributed by atoms with Crippen molar-refractivity contribution in [3.05, 3.63) is 23.4 Å². The second-order valence-electron chi connectivity index (χ2n) is 4.90. The number of hydrogen-bond donors (Lipinski definition) is 2. The zero-order valence-electron chi connectivity index (χ0n) is 11.3. The Balaban J connectivity index is 2.22. The zero-order chi connectivity index (χ0) is 13.7. The number of anilines is 1. The molecule has 5 heteroatoms. The van der Waals surface area contributed by atoms with Crippen LogP contribution in [0.15, 0.2) is 12.1 Å². The maximum Gasteiger partial charge on any atom is 0.146 e. The molecule has 1 unspecified atom stereocenters. The molecule has 1 aromatic rings. The van der Waals surface area contributed by atoms with Crippen molar-refractivity contribution in [3.63, 3.8) is 0 Å². The van der Waals surface area contributed by atoms with Gasteiger partial charge in [0.05, 0.1) is 12.2 Å². The first kappa shape index (κ1) is 13.8. The monoisotopic (exact) mass is 260 g/mol. The summed E-state index contributed by atoms with van der Waals surface area (Å²) in [7, 11) is 0. The van der Waals surface area contributed by atoms with E-state index in [4.69, 9.17) is 0 Å². The van der Waals surface area contributed by atoms with Gasteiger partial charge in [-0.15, -0.1) is 0 Å². The standard InChI is InChI=1S/C14H20N4O/c1-11-4-5-12(9-15)14(17-11)18(7-8-19)10-13-3-2-6-16-13/h4-5,13,16,19H,2-3,6-8,10H2,1H3. The SMILES string of the molecule is Cc1ccc(C#N)c(N(CCO)CC2CCCN2)n1. The number of aliphatic hydroxyl groups is 1. The molecule has 2 rings (SSSR count). The van der Waals surface area contributed by atoms with Gasteiger partial charge in [-0.2, -0.15) is 5.26 Å². The molecule has 1 saturated heterocycles. The largest absolute Gasteiger partial charge is 0.395 e. The number of nitriles is 1. The molecular formula is C14H20N4O. The van der Waals surface area contributed by atoms with Crippen molar-refractivity contribution in [2.75, 3.05) is 31.1 Å². The summed E-state index contributed by atoms with van der Waals surface area (Å²) in [5.74, 6) is 0.685. The van der Waals surface area contributed by atoms with E-state index in [0.29, 0.717) is 24.0 Å². The molecule has 0 spiro atoms. The van der Waals surface area contributed by atoms with E-state index in [1.807, 2.05) is 17.9 Å². The van der Waals surface area contributed by atoms with E-state index in [1.54, 1.807) is 6.07 Å². The number of aliphatic hydroxyl groups excluding tert-OH is 1. The van der Waals surface area contributed by atoms with E-state index in [2.05, 4.69) is 16.4 Å². The van der Waals surface area contributed by atoms with Gasteiger partial charge >= 0.3 is 0 Å². The molecule has 0 aliphatic carbocycles. The van der Waals surface area contributed by atoms with E-state index in [9.17, 15) is 10.4 Å². The van der Waals surface area contributed by atoms with E-state index >= 15 is 0 Å². The first-order valence-electron chi connectivity index (χ1n) is 6.71. The number of nitrogens with zero attached hydrogens (tertiary/aromatic N) is 3. The van der Waals surface area contributed by atoms with Crippen molar-refractivity contribution in [1.82, 2.24) is 10.3 Å². The van der Waals surface area contributed by atoms with Crippen LogP contribution in [0.25, 0.3) is 0 Å². The van der Waals surface area contributed by atoms with Gasteiger partial charge in [0.2, 0.25) is 0 Å². The van der Waals surface area contributed by atoms with Crippen LogP contribution in [0.5, 0.6) is 0 Å². The molecule has 2 heterocycles. The first-order valence-corrected chi connectivity index (χ1v) is 6.71. The highest BCUT2D eigenvalue weighted by molar-refractivity contribution is 5.54. The van der Waals surface area contributed by atoms with Gasteiger partial charge in [-0.25, -0.2) is 4.98 Å². The molecular weight excluding hydrogens is 240 g/mol. The minimum atomic E-state index is 0.0627. The second-order valence-corrected chi connectivity index (χ2v) is 4.90. The van der Waals surface area contributed by atoms with Gasteiger partial charge in [-0.3, -0.25) is 0 Å². The predicted molar refractivity (Wildman–Crippen MR) is 74.0 cm³/mol. The molecule has 19 heavy (non-hydrogen) atoms. The van der Waals surface area contributed by atoms with E-state index in [1.165, 1.54) is 6.42 Å². The highest BCUT2D eigenvalue weighted by Gasteiger charge is 2.20. The third-order valence-electron chi connectivity index (χ3n) is 3.41. The molecule has 102 valence electrons. The van der Waals surface area contributed by atoms with Crippen molar-refractivity contribution in [2.45, 2.75) is 25.8 Å². The lowest BCUT2D eigenvalue weighted by atomic mass is 10.2. The molecule has 0 radical (unpaired) electrons. The van der Waals surface area contributed by atoms with Crippen LogP contribution in [-0.2, 0) is 0 Å². The van der Waals surface area contributed by atoms with E-state index < -0.39 is 0 Å². The van der Waals surface area contributed by atoms with Crippen LogP contribution in [0.1, 0.15) is 24.1 Å². The summed E-state index contributed by atoms with van der Waals surface area (Å²) in [6.45, 7) is 4.31. The Bertz CT molecular complexity index is 463. The molecule has 0 aromatic carbocycles. The Kier molecular flexibility index (Phi) is 4.72. The second kappa shape index (κ2) is 6.50. The Hall–Kier alpha value is -1.64. The van der Waals surface area contributed by atoms with Crippen LogP contribution in [0, 0.1) is 18.3 Å². The summed E-state index contributed by atoms with van der Waals surface area (Å²) in [5.41, 5.74) is 1.45. The van der Waals surface area contributed by atoms with Crippen LogP contribution in [-0.4, -0.2) is 42.4 Å². The zero-order valence-corrected chi connectivity index (χ0v) is 11.3. The summed E-state index contributed by atoms with van der Waals surface area (Å²) in [5, 5.41) is 21.9. The Morgan fingerprint density at radius 3 is 3.05 bits per heavy atom. The summed E-state index contributed by atoms with van der Waals surface area (Å²) >= 11 is 0. The number of pyridine rings is 1. The molecule has 1 aromatic heterocycles. The van der Waals surface area contributed by atoms with Gasteiger partial charge in [0, 0.05) is 24.8 Å². The molecule has 0 amide bonds. The van der Waals surface area contributed by atoms with Crippen molar-refractivity contribution in [2.24, 2.45) is 0 Å². The van der Waals surface area contributed by atoms with Gasteiger partial charge in [-0.05, 0) is 38.4 Å². The first-order chi connectivity index (χ1) is 9.24. The van der Waals surface area contributed by atoms with Crippen molar-refractivity contribution in [3.8, 4) is 6.07 Å². The number of aromatic nitrogens is 1. The molecule has 1 fully saturated rings. The van der Waals surface area contributed by atoms with Gasteiger partial charge in [0.15, 0.2) is 0 Å². The van der Waals surface area contributed by atoms with Crippen LogP contribution < -0.4 is 10.2 Å². The fourth-order valence-electron chi connectivity index (χ4n) is 2.45. The molecule has 5 nitrogen and oxygen atoms in total. The topological polar surface area (TPSA) is 72.2 Å². The molecule has 1 aliphatic heterocycles. The van der Waals surface area contributed by atoms with Crippen molar-refractivity contribution >= 4 is 5.82 Å². The average molecular weight is 260 g/mol. The van der Waals surface area contributed by atoms with E-state index in [-0.39, 0.29) is 6.61 Å². The molecule has 0 bridgehead atoms. The fraction of sp³-hybridized carbons (Fsp3) is 0.571. The number of hydrogen-bond acceptors (Lipinski definition) is 5. The average Bonchev–Trinajstić information content (AvgIpc) is 2.91. The maximum atomic E-state index is 9.23. The van der Waals surface area contributed by atoms with Crippen LogP contribution in [0.2, 0.25) is 0 Å². The Labute approximate surface area is 113 Å². The summed E-state index contributed by atoms with van der Waals surface area (Å²) in [6.07, 6.45) is 2.32. The van der Waals surface area contributed by atoms with Crippen LogP contribution in [0.3, 0.4) is 0 Å². The van der Waals surface area contributed by atoms with Gasteiger partial charge in [-0.1, -0.05) is 0 Å². The highest BCUT2D eigenvalue weighted by atomic mass is 16.3. The summed E-state index contributed by atoms with van der Waals surface area (Å²) < 4.78 is 0. The lowest BCUT2D eigenvalue weighted by Crippen LogP contribution is -2.40. The molecule has 2 N–H and O–H groups in total. The molecule has 1 aliphatic rings. The quantitative estimate of drug-likeness (QED) is 0.820. The lowest BCUT2D eigenvalue weighted by Gasteiger charge is -2.27. The maximum absolute atomic E-state index is 9.23. The minimum Gasteiger partial charge on any atom is -0.395 e. The predicted octanol–water partition coefficient (Wildman–Crippen LogP) is 0.812. The summed E-state index contributed by atoms with van der Waals surface area (Å²) in [4.78, 5) is 6.48. The lowest BCUT2D eigenvalue weighted by molar-refractivity contribution is 0.300. The highest BCUT2D eigenvalue weighted by Crippen LogP contribution is 2.19. The van der Waals surface area contributed by atoms with Crippen LogP contribution >= 0.6 is 0 Å². The number of aryl methyl sites for hydroxylation is 1. The number of rotatable bonds is 5. The van der Waals surface area contributed by atoms with Crippen molar-refractivity contribution in [1.29, 1.82) is 5.26 Å². The Morgan fingerprint density at radius 1 is 1.58 bits per heavy atom. The normalized spacial score (nSPS) is 18.3. The van der Waals surface area contributed by atoms with Crippen molar-refractivity contribution < 1.29 is 5.11 Å².